The normalized spacial score (nSPS) is 28.3. The third-order valence-corrected chi connectivity index (χ3v) is 4.43. The van der Waals surface area contributed by atoms with Crippen molar-refractivity contribution >= 4 is 5.69 Å². The van der Waals surface area contributed by atoms with Gasteiger partial charge in [0.25, 0.3) is 0 Å². The fourth-order valence-corrected chi connectivity index (χ4v) is 3.51. The number of rotatable bonds is 4. The molecule has 0 amide bonds. The molecule has 2 unspecified atom stereocenters. The molecule has 1 saturated carbocycles. The van der Waals surface area contributed by atoms with Crippen molar-refractivity contribution in [1.29, 1.82) is 0 Å². The van der Waals surface area contributed by atoms with Crippen LogP contribution in [0.25, 0.3) is 0 Å². The fraction of sp³-hybridized carbons (Fsp3) is 0.625. The highest BCUT2D eigenvalue weighted by Gasteiger charge is 2.40. The van der Waals surface area contributed by atoms with Crippen LogP contribution in [0.4, 0.5) is 5.69 Å². The second-order valence-corrected chi connectivity index (χ2v) is 5.95. The third-order valence-electron chi connectivity index (χ3n) is 4.43. The zero-order valence-corrected chi connectivity index (χ0v) is 11.7. The predicted octanol–water partition coefficient (Wildman–Crippen LogP) is 3.64. The van der Waals surface area contributed by atoms with Crippen molar-refractivity contribution in [3.05, 3.63) is 30.3 Å². The van der Waals surface area contributed by atoms with Crippen LogP contribution in [0.2, 0.25) is 0 Å². The number of nitrogens with two attached hydrogens (primary N) is 1. The molecule has 1 fully saturated rings. The van der Waals surface area contributed by atoms with E-state index < -0.39 is 0 Å². The van der Waals surface area contributed by atoms with Gasteiger partial charge in [0.05, 0.1) is 5.54 Å². The summed E-state index contributed by atoms with van der Waals surface area (Å²) in [6.07, 6.45) is 5.14. The Bertz CT molecular complexity index is 361. The third kappa shape index (κ3) is 2.69. The molecule has 2 nitrogen and oxygen atoms in total. The Kier molecular flexibility index (Phi) is 4.28. The Balaban J connectivity index is 2.22. The van der Waals surface area contributed by atoms with Gasteiger partial charge in [-0.1, -0.05) is 44.9 Å². The van der Waals surface area contributed by atoms with E-state index in [1.165, 1.54) is 31.4 Å². The maximum atomic E-state index is 6.15. The van der Waals surface area contributed by atoms with Gasteiger partial charge in [0, 0.05) is 12.2 Å². The molecule has 100 valence electrons. The van der Waals surface area contributed by atoms with Crippen molar-refractivity contribution in [3.63, 3.8) is 0 Å². The molecule has 0 saturated heterocycles. The van der Waals surface area contributed by atoms with Gasteiger partial charge in [-0.2, -0.15) is 0 Å². The summed E-state index contributed by atoms with van der Waals surface area (Å²) in [7, 11) is 0. The first-order valence-electron chi connectivity index (χ1n) is 7.21. The molecule has 0 aliphatic heterocycles. The lowest BCUT2D eigenvalue weighted by Gasteiger charge is -2.47. The SMILES string of the molecule is CC(C)C1CCCCC1(CN)Nc1ccccc1. The highest BCUT2D eigenvalue weighted by atomic mass is 15.0. The minimum Gasteiger partial charge on any atom is -0.378 e. The van der Waals surface area contributed by atoms with Crippen LogP contribution >= 0.6 is 0 Å². The summed E-state index contributed by atoms with van der Waals surface area (Å²) in [6.45, 7) is 5.38. The smallest absolute Gasteiger partial charge is 0.0526 e. The van der Waals surface area contributed by atoms with Crippen molar-refractivity contribution < 1.29 is 0 Å². The Morgan fingerprint density at radius 1 is 1.28 bits per heavy atom. The highest BCUT2D eigenvalue weighted by Crippen LogP contribution is 2.40. The molecule has 0 aromatic heterocycles. The van der Waals surface area contributed by atoms with Gasteiger partial charge >= 0.3 is 0 Å². The summed E-state index contributed by atoms with van der Waals surface area (Å²) < 4.78 is 0. The maximum absolute atomic E-state index is 6.15. The minimum atomic E-state index is 0.0910. The van der Waals surface area contributed by atoms with Crippen LogP contribution < -0.4 is 11.1 Å². The summed E-state index contributed by atoms with van der Waals surface area (Å²) in [5, 5.41) is 3.75. The average Bonchev–Trinajstić information content (AvgIpc) is 2.40. The first-order chi connectivity index (χ1) is 8.68. The van der Waals surface area contributed by atoms with Gasteiger partial charge in [-0.05, 0) is 36.8 Å². The molecule has 1 aromatic carbocycles. The standard InChI is InChI=1S/C16H26N2/c1-13(2)15-10-6-7-11-16(15,12-17)18-14-8-4-3-5-9-14/h3-5,8-9,13,15,18H,6-7,10-12,17H2,1-2H3. The zero-order valence-electron chi connectivity index (χ0n) is 11.7. The van der Waals surface area contributed by atoms with Crippen LogP contribution in [0.3, 0.4) is 0 Å². The van der Waals surface area contributed by atoms with E-state index in [0.717, 1.165) is 6.54 Å². The molecule has 0 bridgehead atoms. The molecule has 1 aromatic rings. The molecule has 0 radical (unpaired) electrons. The fourth-order valence-electron chi connectivity index (χ4n) is 3.51. The van der Waals surface area contributed by atoms with Gasteiger partial charge in [0.2, 0.25) is 0 Å². The van der Waals surface area contributed by atoms with Crippen molar-refractivity contribution in [2.45, 2.75) is 45.1 Å². The predicted molar refractivity (Wildman–Crippen MR) is 78.6 cm³/mol. The van der Waals surface area contributed by atoms with Crippen LogP contribution in [0, 0.1) is 11.8 Å². The molecule has 1 aliphatic carbocycles. The van der Waals surface area contributed by atoms with Crippen LogP contribution in [-0.2, 0) is 0 Å². The van der Waals surface area contributed by atoms with E-state index in [1.54, 1.807) is 0 Å². The lowest BCUT2D eigenvalue weighted by Crippen LogP contribution is -2.55. The largest absolute Gasteiger partial charge is 0.378 e. The van der Waals surface area contributed by atoms with E-state index >= 15 is 0 Å². The lowest BCUT2D eigenvalue weighted by atomic mass is 9.67. The monoisotopic (exact) mass is 246 g/mol. The summed E-state index contributed by atoms with van der Waals surface area (Å²) >= 11 is 0. The first kappa shape index (κ1) is 13.4. The molecular formula is C16H26N2. The molecule has 0 heterocycles. The van der Waals surface area contributed by atoms with Gasteiger partial charge < -0.3 is 11.1 Å². The van der Waals surface area contributed by atoms with Crippen molar-refractivity contribution in [3.8, 4) is 0 Å². The Hall–Kier alpha value is -1.02. The molecule has 1 aliphatic rings. The van der Waals surface area contributed by atoms with Crippen LogP contribution in [-0.4, -0.2) is 12.1 Å². The van der Waals surface area contributed by atoms with E-state index in [4.69, 9.17) is 5.73 Å². The van der Waals surface area contributed by atoms with E-state index in [9.17, 15) is 0 Å². The number of anilines is 1. The lowest BCUT2D eigenvalue weighted by molar-refractivity contribution is 0.166. The molecular weight excluding hydrogens is 220 g/mol. The maximum Gasteiger partial charge on any atom is 0.0526 e. The van der Waals surface area contributed by atoms with Gasteiger partial charge in [-0.15, -0.1) is 0 Å². The molecule has 2 heteroatoms. The number of benzene rings is 1. The van der Waals surface area contributed by atoms with Crippen molar-refractivity contribution in [2.24, 2.45) is 17.6 Å². The first-order valence-corrected chi connectivity index (χ1v) is 7.21. The number of hydrogen-bond acceptors (Lipinski definition) is 2. The zero-order chi connectivity index (χ0) is 13.0. The van der Waals surface area contributed by atoms with E-state index in [1.807, 2.05) is 0 Å². The highest BCUT2D eigenvalue weighted by molar-refractivity contribution is 5.46. The Morgan fingerprint density at radius 3 is 2.61 bits per heavy atom. The number of para-hydroxylation sites is 1. The Morgan fingerprint density at radius 2 is 2.00 bits per heavy atom. The number of nitrogens with one attached hydrogen (secondary N) is 1. The molecule has 2 atom stereocenters. The second-order valence-electron chi connectivity index (χ2n) is 5.95. The minimum absolute atomic E-state index is 0.0910. The van der Waals surface area contributed by atoms with Gasteiger partial charge in [0.15, 0.2) is 0 Å². The van der Waals surface area contributed by atoms with Gasteiger partial charge in [-0.25, -0.2) is 0 Å². The van der Waals surface area contributed by atoms with Crippen LogP contribution in [0.5, 0.6) is 0 Å². The summed E-state index contributed by atoms with van der Waals surface area (Å²) in [5.74, 6) is 1.36. The average molecular weight is 246 g/mol. The topological polar surface area (TPSA) is 38.0 Å². The molecule has 3 N–H and O–H groups in total. The van der Waals surface area contributed by atoms with Gasteiger partial charge in [-0.3, -0.25) is 0 Å². The Labute approximate surface area is 111 Å². The summed E-state index contributed by atoms with van der Waals surface area (Å²) in [5.41, 5.74) is 7.45. The van der Waals surface area contributed by atoms with E-state index in [0.29, 0.717) is 11.8 Å². The molecule has 18 heavy (non-hydrogen) atoms. The molecule has 0 spiro atoms. The van der Waals surface area contributed by atoms with E-state index in [2.05, 4.69) is 49.5 Å². The second kappa shape index (κ2) is 5.75. The van der Waals surface area contributed by atoms with Crippen LogP contribution in [0.15, 0.2) is 30.3 Å². The quantitative estimate of drug-likeness (QED) is 0.851. The van der Waals surface area contributed by atoms with Gasteiger partial charge in [0.1, 0.15) is 0 Å². The van der Waals surface area contributed by atoms with Crippen molar-refractivity contribution in [2.75, 3.05) is 11.9 Å². The molecule has 2 rings (SSSR count). The summed E-state index contributed by atoms with van der Waals surface area (Å²) in [6, 6.07) is 10.5. The van der Waals surface area contributed by atoms with E-state index in [-0.39, 0.29) is 5.54 Å². The summed E-state index contributed by atoms with van der Waals surface area (Å²) in [4.78, 5) is 0. The van der Waals surface area contributed by atoms with Crippen LogP contribution in [0.1, 0.15) is 39.5 Å². The van der Waals surface area contributed by atoms with Crippen molar-refractivity contribution in [1.82, 2.24) is 0 Å². The number of hydrogen-bond donors (Lipinski definition) is 2.